The molecule has 0 spiro atoms. The van der Waals surface area contributed by atoms with Crippen LogP contribution in [-0.2, 0) is 0 Å². The quantitative estimate of drug-likeness (QED) is 0.320. The van der Waals surface area contributed by atoms with Crippen molar-refractivity contribution in [2.75, 3.05) is 0 Å². The average Bonchev–Trinajstić information content (AvgIpc) is 1.84. The van der Waals surface area contributed by atoms with E-state index in [1.807, 2.05) is 0 Å². The number of hydrogen-bond acceptors (Lipinski definition) is 3. The first-order chi connectivity index (χ1) is 3.72. The van der Waals surface area contributed by atoms with E-state index in [9.17, 15) is 0 Å². The summed E-state index contributed by atoms with van der Waals surface area (Å²) in [5, 5.41) is 17.0. The molecule has 2 N–H and O–H groups in total. The molecule has 0 aromatic carbocycles. The molecule has 0 saturated carbocycles. The summed E-state index contributed by atoms with van der Waals surface area (Å²) in [6.45, 7) is 6.14. The summed E-state index contributed by atoms with van der Waals surface area (Å²) in [6.07, 6.45) is 1.07. The molecule has 0 heterocycles. The van der Waals surface area contributed by atoms with Gasteiger partial charge in [0.1, 0.15) is 0 Å². The van der Waals surface area contributed by atoms with Crippen molar-refractivity contribution in [3.8, 4) is 0 Å². The average molecular weight is 113 g/mol. The minimum atomic E-state index is -0.500. The van der Waals surface area contributed by atoms with Crippen LogP contribution in [0.15, 0.2) is 29.3 Å². The van der Waals surface area contributed by atoms with Gasteiger partial charge in [0.15, 0.2) is 5.76 Å². The lowest BCUT2D eigenvalue weighted by Crippen LogP contribution is -1.80. The molecule has 0 unspecified atom stereocenters. The van der Waals surface area contributed by atoms with Crippen molar-refractivity contribution >= 4 is 6.72 Å². The van der Waals surface area contributed by atoms with Crippen molar-refractivity contribution < 1.29 is 10.2 Å². The Morgan fingerprint density at radius 2 is 2.00 bits per heavy atom. The highest BCUT2D eigenvalue weighted by molar-refractivity contribution is 5.28. The summed E-state index contributed by atoms with van der Waals surface area (Å²) in [4.78, 5) is 3.02. The number of nitrogens with zero attached hydrogens (tertiary/aromatic N) is 1. The van der Waals surface area contributed by atoms with Gasteiger partial charge in [-0.05, 0) is 12.8 Å². The van der Waals surface area contributed by atoms with Crippen LogP contribution in [0.4, 0.5) is 0 Å². The number of allylic oxidation sites excluding steroid dienone is 1. The molecule has 0 aromatic heterocycles. The fraction of sp³-hybridized carbons (Fsp3) is 0. The fourth-order valence-corrected chi connectivity index (χ4v) is 0.172. The number of aliphatic imine (C=N–C) groups is 1. The van der Waals surface area contributed by atoms with Crippen molar-refractivity contribution in [1.82, 2.24) is 0 Å². The van der Waals surface area contributed by atoms with Crippen molar-refractivity contribution in [1.29, 1.82) is 0 Å². The van der Waals surface area contributed by atoms with E-state index in [0.717, 1.165) is 6.08 Å². The van der Waals surface area contributed by atoms with Gasteiger partial charge >= 0.3 is 0 Å². The van der Waals surface area contributed by atoms with E-state index in [-0.39, 0.29) is 5.76 Å². The maximum atomic E-state index is 8.50. The van der Waals surface area contributed by atoms with E-state index in [0.29, 0.717) is 0 Å². The first-order valence-corrected chi connectivity index (χ1v) is 1.93. The molecule has 3 heteroatoms. The maximum absolute atomic E-state index is 8.50. The Bertz CT molecular complexity index is 121. The molecule has 0 saturated heterocycles. The Morgan fingerprint density at radius 1 is 1.50 bits per heavy atom. The molecular formula is C5H7NO2. The Hall–Kier alpha value is -1.25. The van der Waals surface area contributed by atoms with Gasteiger partial charge in [0.05, 0.1) is 0 Å². The Kier molecular flexibility index (Phi) is 2.40. The van der Waals surface area contributed by atoms with Crippen LogP contribution in [0.3, 0.4) is 0 Å². The van der Waals surface area contributed by atoms with Gasteiger partial charge < -0.3 is 10.2 Å². The number of rotatable bonds is 2. The highest BCUT2D eigenvalue weighted by Crippen LogP contribution is 1.96. The summed E-state index contributed by atoms with van der Waals surface area (Å²) >= 11 is 0. The molecule has 0 aliphatic carbocycles. The second kappa shape index (κ2) is 2.85. The zero-order valence-corrected chi connectivity index (χ0v) is 4.33. The maximum Gasteiger partial charge on any atom is 0.253 e. The summed E-state index contributed by atoms with van der Waals surface area (Å²) in [6, 6.07) is 0. The number of aliphatic hydroxyl groups excluding tert-OH is 2. The zero-order chi connectivity index (χ0) is 6.57. The third-order valence-corrected chi connectivity index (χ3v) is 0.572. The fourth-order valence-electron chi connectivity index (χ4n) is 0.172. The van der Waals surface area contributed by atoms with Crippen LogP contribution in [-0.4, -0.2) is 16.9 Å². The lowest BCUT2D eigenvalue weighted by atomic mass is 10.5. The highest BCUT2D eigenvalue weighted by atomic mass is 16.3. The molecule has 0 aromatic rings. The standard InChI is InChI=1S/C5H7NO2/c1-3-4(7)5(8)6-2/h3,7-8H,1-2H2/b5-4-. The smallest absolute Gasteiger partial charge is 0.253 e. The van der Waals surface area contributed by atoms with Gasteiger partial charge in [0.2, 0.25) is 0 Å². The van der Waals surface area contributed by atoms with Gasteiger partial charge in [0.25, 0.3) is 5.88 Å². The van der Waals surface area contributed by atoms with E-state index in [4.69, 9.17) is 10.2 Å². The molecule has 0 fully saturated rings. The monoisotopic (exact) mass is 113 g/mol. The van der Waals surface area contributed by atoms with Crippen molar-refractivity contribution in [2.45, 2.75) is 0 Å². The number of hydrogen-bond donors (Lipinski definition) is 2. The zero-order valence-electron chi connectivity index (χ0n) is 4.33. The SMILES string of the molecule is C=C/C(O)=C(/O)N=C. The van der Waals surface area contributed by atoms with Crippen molar-refractivity contribution in [2.24, 2.45) is 4.99 Å². The third kappa shape index (κ3) is 1.47. The van der Waals surface area contributed by atoms with Gasteiger partial charge in [-0.3, -0.25) is 0 Å². The van der Waals surface area contributed by atoms with Crippen LogP contribution in [0.25, 0.3) is 0 Å². The topological polar surface area (TPSA) is 52.8 Å². The molecule has 0 amide bonds. The van der Waals surface area contributed by atoms with E-state index in [2.05, 4.69) is 18.3 Å². The molecule has 0 bridgehead atoms. The van der Waals surface area contributed by atoms with Crippen LogP contribution in [0.2, 0.25) is 0 Å². The van der Waals surface area contributed by atoms with Crippen LogP contribution < -0.4 is 0 Å². The molecule has 0 rings (SSSR count). The molecule has 0 radical (unpaired) electrons. The Labute approximate surface area is 47.3 Å². The first kappa shape index (κ1) is 6.75. The normalized spacial score (nSPS) is 12.0. The van der Waals surface area contributed by atoms with Crippen LogP contribution in [0, 0.1) is 0 Å². The Balaban J connectivity index is 4.25. The summed E-state index contributed by atoms with van der Waals surface area (Å²) in [5.41, 5.74) is 0. The summed E-state index contributed by atoms with van der Waals surface area (Å²) in [5.74, 6) is -0.861. The van der Waals surface area contributed by atoms with Gasteiger partial charge in [-0.2, -0.15) is 0 Å². The lowest BCUT2D eigenvalue weighted by Gasteiger charge is -1.89. The molecule has 44 valence electrons. The number of aliphatic hydroxyl groups is 2. The lowest BCUT2D eigenvalue weighted by molar-refractivity contribution is 0.336. The van der Waals surface area contributed by atoms with E-state index in [1.165, 1.54) is 0 Å². The molecule has 3 nitrogen and oxygen atoms in total. The second-order valence-corrected chi connectivity index (χ2v) is 1.07. The molecule has 0 aliphatic heterocycles. The Morgan fingerprint density at radius 3 is 2.12 bits per heavy atom. The third-order valence-electron chi connectivity index (χ3n) is 0.572. The van der Waals surface area contributed by atoms with Crippen LogP contribution >= 0.6 is 0 Å². The van der Waals surface area contributed by atoms with Crippen LogP contribution in [0.1, 0.15) is 0 Å². The van der Waals surface area contributed by atoms with Gasteiger partial charge in [-0.25, -0.2) is 4.99 Å². The molecule has 0 aliphatic rings. The summed E-state index contributed by atoms with van der Waals surface area (Å²) in [7, 11) is 0. The van der Waals surface area contributed by atoms with E-state index in [1.54, 1.807) is 0 Å². The predicted octanol–water partition coefficient (Wildman–Crippen LogP) is 1.16. The molecule has 0 atom stereocenters. The van der Waals surface area contributed by atoms with Crippen molar-refractivity contribution in [3.05, 3.63) is 24.3 Å². The minimum absolute atomic E-state index is 0.361. The predicted molar refractivity (Wildman–Crippen MR) is 32.0 cm³/mol. The minimum Gasteiger partial charge on any atom is -0.503 e. The largest absolute Gasteiger partial charge is 0.503 e. The van der Waals surface area contributed by atoms with E-state index >= 15 is 0 Å². The van der Waals surface area contributed by atoms with Gasteiger partial charge in [-0.1, -0.05) is 6.58 Å². The first-order valence-electron chi connectivity index (χ1n) is 1.93. The van der Waals surface area contributed by atoms with Gasteiger partial charge in [-0.15, -0.1) is 0 Å². The second-order valence-electron chi connectivity index (χ2n) is 1.07. The van der Waals surface area contributed by atoms with Crippen LogP contribution in [0.5, 0.6) is 0 Å². The molecular weight excluding hydrogens is 106 g/mol. The summed E-state index contributed by atoms with van der Waals surface area (Å²) < 4.78 is 0. The molecule has 8 heavy (non-hydrogen) atoms. The highest BCUT2D eigenvalue weighted by Gasteiger charge is 1.91. The van der Waals surface area contributed by atoms with Crippen molar-refractivity contribution in [3.63, 3.8) is 0 Å². The van der Waals surface area contributed by atoms with Gasteiger partial charge in [0, 0.05) is 0 Å². The van der Waals surface area contributed by atoms with E-state index < -0.39 is 5.88 Å².